The van der Waals surface area contributed by atoms with Gasteiger partial charge >= 0.3 is 0 Å². The first-order valence-corrected chi connectivity index (χ1v) is 10.8. The highest BCUT2D eigenvalue weighted by atomic mass is 127. The fraction of sp³-hybridized carbons (Fsp3) is 0.458. The Labute approximate surface area is 198 Å². The molecule has 162 valence electrons. The van der Waals surface area contributed by atoms with E-state index in [0.29, 0.717) is 12.0 Å². The van der Waals surface area contributed by atoms with Crippen LogP contribution in [0.1, 0.15) is 18.4 Å². The fourth-order valence-corrected chi connectivity index (χ4v) is 4.37. The molecule has 0 saturated carbocycles. The van der Waals surface area contributed by atoms with Gasteiger partial charge in [0.25, 0.3) is 0 Å². The number of aliphatic imine (C=N–C) groups is 1. The van der Waals surface area contributed by atoms with Gasteiger partial charge in [-0.25, -0.2) is 0 Å². The molecular weight excluding hydrogens is 485 g/mol. The molecular formula is C24H34IN5. The van der Waals surface area contributed by atoms with Gasteiger partial charge in [-0.15, -0.1) is 24.0 Å². The number of nitrogens with one attached hydrogen (secondary N) is 2. The molecule has 2 atom stereocenters. The highest BCUT2D eigenvalue weighted by Crippen LogP contribution is 2.23. The maximum Gasteiger partial charge on any atom is 0.191 e. The lowest BCUT2D eigenvalue weighted by Gasteiger charge is -2.22. The molecule has 2 saturated heterocycles. The van der Waals surface area contributed by atoms with E-state index in [-0.39, 0.29) is 24.0 Å². The Morgan fingerprint density at radius 1 is 0.933 bits per heavy atom. The fourth-order valence-electron chi connectivity index (χ4n) is 4.37. The average molecular weight is 519 g/mol. The molecule has 2 N–H and O–H groups in total. The first kappa shape index (κ1) is 22.7. The van der Waals surface area contributed by atoms with E-state index in [9.17, 15) is 0 Å². The van der Waals surface area contributed by atoms with Gasteiger partial charge in [0, 0.05) is 57.2 Å². The summed E-state index contributed by atoms with van der Waals surface area (Å²) in [5.41, 5.74) is 3.96. The number of nitrogens with zero attached hydrogens (tertiary/aromatic N) is 3. The van der Waals surface area contributed by atoms with Gasteiger partial charge in [0.05, 0.1) is 0 Å². The summed E-state index contributed by atoms with van der Waals surface area (Å²) < 4.78 is 0. The summed E-state index contributed by atoms with van der Waals surface area (Å²) in [5, 5.41) is 7.19. The molecule has 2 aliphatic rings. The van der Waals surface area contributed by atoms with Crippen molar-refractivity contribution in [3.63, 3.8) is 0 Å². The van der Waals surface area contributed by atoms with Crippen molar-refractivity contribution in [3.8, 4) is 0 Å². The smallest absolute Gasteiger partial charge is 0.191 e. The highest BCUT2D eigenvalue weighted by molar-refractivity contribution is 14.0. The molecule has 2 aromatic rings. The number of guanidine groups is 1. The molecule has 2 unspecified atom stereocenters. The minimum absolute atomic E-state index is 0. The molecule has 0 spiro atoms. The first-order chi connectivity index (χ1) is 14.2. The number of hydrogen-bond donors (Lipinski definition) is 2. The second kappa shape index (κ2) is 10.9. The molecule has 5 nitrogen and oxygen atoms in total. The third-order valence-corrected chi connectivity index (χ3v) is 6.12. The van der Waals surface area contributed by atoms with Crippen molar-refractivity contribution < 1.29 is 0 Å². The average Bonchev–Trinajstić information content (AvgIpc) is 3.42. The van der Waals surface area contributed by atoms with Crippen molar-refractivity contribution >= 4 is 41.3 Å². The summed E-state index contributed by atoms with van der Waals surface area (Å²) in [4.78, 5) is 9.40. The van der Waals surface area contributed by atoms with Crippen molar-refractivity contribution in [2.24, 2.45) is 10.9 Å². The predicted octanol–water partition coefficient (Wildman–Crippen LogP) is 3.88. The van der Waals surface area contributed by atoms with Crippen LogP contribution >= 0.6 is 24.0 Å². The topological polar surface area (TPSA) is 42.9 Å². The summed E-state index contributed by atoms with van der Waals surface area (Å²) >= 11 is 0. The maximum atomic E-state index is 4.46. The molecule has 2 aliphatic heterocycles. The van der Waals surface area contributed by atoms with Gasteiger partial charge < -0.3 is 20.4 Å². The SMILES string of the molecule is CN=C(NCC1CCN(c2ccccc2)C1)NC1CCN(c2ccc(C)cc2)C1.I. The van der Waals surface area contributed by atoms with Gasteiger partial charge in [-0.2, -0.15) is 0 Å². The Bertz CT molecular complexity index is 808. The molecule has 0 amide bonds. The number of rotatable bonds is 5. The number of hydrogen-bond acceptors (Lipinski definition) is 3. The monoisotopic (exact) mass is 519 g/mol. The van der Waals surface area contributed by atoms with Crippen LogP contribution in [0.2, 0.25) is 0 Å². The van der Waals surface area contributed by atoms with Gasteiger partial charge in [0.2, 0.25) is 0 Å². The van der Waals surface area contributed by atoms with E-state index < -0.39 is 0 Å². The minimum Gasteiger partial charge on any atom is -0.371 e. The summed E-state index contributed by atoms with van der Waals surface area (Å²) in [7, 11) is 1.87. The summed E-state index contributed by atoms with van der Waals surface area (Å²) in [6, 6.07) is 20.0. The molecule has 2 heterocycles. The number of benzene rings is 2. The van der Waals surface area contributed by atoms with Crippen molar-refractivity contribution in [1.29, 1.82) is 0 Å². The van der Waals surface area contributed by atoms with Crippen LogP contribution in [0.15, 0.2) is 59.6 Å². The lowest BCUT2D eigenvalue weighted by molar-refractivity contribution is 0.557. The summed E-state index contributed by atoms with van der Waals surface area (Å²) in [6.45, 7) is 7.46. The number of halogens is 1. The quantitative estimate of drug-likeness (QED) is 0.358. The molecule has 4 rings (SSSR count). The highest BCUT2D eigenvalue weighted by Gasteiger charge is 2.25. The van der Waals surface area contributed by atoms with Gasteiger partial charge in [-0.3, -0.25) is 4.99 Å². The Kier molecular flexibility index (Phi) is 8.24. The maximum absolute atomic E-state index is 4.46. The van der Waals surface area contributed by atoms with E-state index in [1.807, 2.05) is 7.05 Å². The van der Waals surface area contributed by atoms with E-state index in [2.05, 4.69) is 86.9 Å². The number of para-hydroxylation sites is 1. The van der Waals surface area contributed by atoms with E-state index in [1.165, 1.54) is 23.4 Å². The first-order valence-electron chi connectivity index (χ1n) is 10.8. The molecule has 6 heteroatoms. The molecule has 30 heavy (non-hydrogen) atoms. The van der Waals surface area contributed by atoms with Crippen LogP contribution in [0.5, 0.6) is 0 Å². The predicted molar refractivity (Wildman–Crippen MR) is 138 cm³/mol. The van der Waals surface area contributed by atoms with Gasteiger partial charge in [0.1, 0.15) is 0 Å². The minimum atomic E-state index is 0. The Balaban J connectivity index is 0.00000256. The molecule has 2 aromatic carbocycles. The number of aryl methyl sites for hydroxylation is 1. The zero-order valence-corrected chi connectivity index (χ0v) is 20.4. The summed E-state index contributed by atoms with van der Waals surface area (Å²) in [5.74, 6) is 1.58. The van der Waals surface area contributed by atoms with E-state index in [4.69, 9.17) is 0 Å². The van der Waals surface area contributed by atoms with Crippen LogP contribution in [0.25, 0.3) is 0 Å². The second-order valence-electron chi connectivity index (χ2n) is 8.30. The zero-order valence-electron chi connectivity index (χ0n) is 18.1. The van der Waals surface area contributed by atoms with Crippen molar-refractivity contribution in [1.82, 2.24) is 10.6 Å². The molecule has 0 aromatic heterocycles. The Morgan fingerprint density at radius 3 is 2.33 bits per heavy atom. The third kappa shape index (κ3) is 5.80. The van der Waals surface area contributed by atoms with Gasteiger partial charge in [-0.1, -0.05) is 35.9 Å². The summed E-state index contributed by atoms with van der Waals surface area (Å²) in [6.07, 6.45) is 2.36. The third-order valence-electron chi connectivity index (χ3n) is 6.12. The van der Waals surface area contributed by atoms with E-state index in [1.54, 1.807) is 0 Å². The van der Waals surface area contributed by atoms with Crippen LogP contribution in [0.4, 0.5) is 11.4 Å². The van der Waals surface area contributed by atoms with Crippen LogP contribution in [0.3, 0.4) is 0 Å². The van der Waals surface area contributed by atoms with Crippen LogP contribution < -0.4 is 20.4 Å². The Hall–Kier alpha value is -1.96. The normalized spacial score (nSPS) is 21.5. The van der Waals surface area contributed by atoms with E-state index in [0.717, 1.165) is 45.1 Å². The molecule has 2 fully saturated rings. The lowest BCUT2D eigenvalue weighted by atomic mass is 10.1. The largest absolute Gasteiger partial charge is 0.371 e. The zero-order chi connectivity index (χ0) is 20.1. The lowest BCUT2D eigenvalue weighted by Crippen LogP contribution is -2.46. The second-order valence-corrected chi connectivity index (χ2v) is 8.30. The van der Waals surface area contributed by atoms with Gasteiger partial charge in [0.15, 0.2) is 5.96 Å². The standard InChI is InChI=1S/C24H33N5.HI/c1-19-8-10-23(11-9-19)29-15-13-21(18-29)27-24(25-2)26-16-20-12-14-28(17-20)22-6-4-3-5-7-22;/h3-11,20-21H,12-18H2,1-2H3,(H2,25,26,27);1H. The van der Waals surface area contributed by atoms with Crippen LogP contribution in [-0.4, -0.2) is 51.8 Å². The van der Waals surface area contributed by atoms with Crippen molar-refractivity contribution in [2.75, 3.05) is 49.6 Å². The Morgan fingerprint density at radius 2 is 1.60 bits per heavy atom. The number of anilines is 2. The van der Waals surface area contributed by atoms with Crippen molar-refractivity contribution in [2.45, 2.75) is 25.8 Å². The molecule has 0 radical (unpaired) electrons. The van der Waals surface area contributed by atoms with Crippen LogP contribution in [0, 0.1) is 12.8 Å². The molecule has 0 bridgehead atoms. The molecule has 0 aliphatic carbocycles. The van der Waals surface area contributed by atoms with Crippen LogP contribution in [-0.2, 0) is 0 Å². The van der Waals surface area contributed by atoms with Gasteiger partial charge in [-0.05, 0) is 49.9 Å². The van der Waals surface area contributed by atoms with Crippen molar-refractivity contribution in [3.05, 3.63) is 60.2 Å². The van der Waals surface area contributed by atoms with E-state index >= 15 is 0 Å².